The van der Waals surface area contributed by atoms with E-state index in [9.17, 15) is 4.79 Å². The maximum Gasteiger partial charge on any atom is 0.255 e. The number of hydrogen-bond donors (Lipinski definition) is 2. The highest BCUT2D eigenvalue weighted by atomic mass is 16.1. The second kappa shape index (κ2) is 6.26. The van der Waals surface area contributed by atoms with E-state index in [-0.39, 0.29) is 5.91 Å². The lowest BCUT2D eigenvalue weighted by Gasteiger charge is -2.07. The Morgan fingerprint density at radius 3 is 2.73 bits per heavy atom. The lowest BCUT2D eigenvalue weighted by atomic mass is 10.1. The summed E-state index contributed by atoms with van der Waals surface area (Å²) >= 11 is 0. The van der Waals surface area contributed by atoms with Crippen LogP contribution in [0.4, 0.5) is 0 Å². The highest BCUT2D eigenvalue weighted by Gasteiger charge is 2.14. The van der Waals surface area contributed by atoms with E-state index in [1.807, 2.05) is 55.5 Å². The molecule has 0 atom stereocenters. The molecule has 0 saturated carbocycles. The molecule has 1 amide bonds. The third-order valence-electron chi connectivity index (χ3n) is 3.48. The highest BCUT2D eigenvalue weighted by Crippen LogP contribution is 2.20. The third kappa shape index (κ3) is 3.06. The molecular formula is C18H17N3O. The van der Waals surface area contributed by atoms with Crippen LogP contribution in [0.25, 0.3) is 11.3 Å². The molecule has 0 aliphatic rings. The number of H-pyrrole nitrogens is 1. The molecule has 3 rings (SSSR count). The van der Waals surface area contributed by atoms with Crippen molar-refractivity contribution >= 4 is 5.91 Å². The molecule has 3 aromatic rings. The minimum Gasteiger partial charge on any atom is -0.348 e. The molecule has 0 unspecified atom stereocenters. The zero-order valence-corrected chi connectivity index (χ0v) is 12.3. The van der Waals surface area contributed by atoms with Gasteiger partial charge in [0.2, 0.25) is 0 Å². The lowest BCUT2D eigenvalue weighted by Crippen LogP contribution is -2.23. The van der Waals surface area contributed by atoms with Gasteiger partial charge in [0.25, 0.3) is 5.91 Å². The normalized spacial score (nSPS) is 10.4. The number of benzene rings is 2. The van der Waals surface area contributed by atoms with Crippen molar-refractivity contribution in [1.29, 1.82) is 0 Å². The van der Waals surface area contributed by atoms with E-state index in [0.717, 1.165) is 16.8 Å². The maximum absolute atomic E-state index is 12.4. The number of aromatic amines is 1. The summed E-state index contributed by atoms with van der Waals surface area (Å²) in [6, 6.07) is 17.8. The van der Waals surface area contributed by atoms with Crippen LogP contribution in [0.5, 0.6) is 0 Å². The van der Waals surface area contributed by atoms with Gasteiger partial charge in [-0.2, -0.15) is 5.10 Å². The third-order valence-corrected chi connectivity index (χ3v) is 3.48. The average Bonchev–Trinajstić information content (AvgIpc) is 3.03. The molecule has 4 nitrogen and oxygen atoms in total. The summed E-state index contributed by atoms with van der Waals surface area (Å²) in [5, 5.41) is 9.84. The number of nitrogens with one attached hydrogen (secondary N) is 2. The molecule has 2 N–H and O–H groups in total. The summed E-state index contributed by atoms with van der Waals surface area (Å²) in [7, 11) is 0. The van der Waals surface area contributed by atoms with Crippen molar-refractivity contribution in [3.05, 3.63) is 77.5 Å². The Labute approximate surface area is 129 Å². The summed E-state index contributed by atoms with van der Waals surface area (Å²) < 4.78 is 0. The number of rotatable bonds is 4. The number of carbonyl (C=O) groups excluding carboxylic acids is 1. The lowest BCUT2D eigenvalue weighted by molar-refractivity contribution is 0.0951. The topological polar surface area (TPSA) is 57.8 Å². The van der Waals surface area contributed by atoms with Crippen LogP contribution in [0.2, 0.25) is 0 Å². The van der Waals surface area contributed by atoms with Crippen LogP contribution in [0.1, 0.15) is 21.5 Å². The van der Waals surface area contributed by atoms with Gasteiger partial charge in [0.05, 0.1) is 17.5 Å². The van der Waals surface area contributed by atoms with E-state index >= 15 is 0 Å². The van der Waals surface area contributed by atoms with Crippen molar-refractivity contribution in [1.82, 2.24) is 15.5 Å². The van der Waals surface area contributed by atoms with E-state index < -0.39 is 0 Å². The number of aromatic nitrogens is 2. The number of carbonyl (C=O) groups is 1. The predicted octanol–water partition coefficient (Wildman–Crippen LogP) is 3.32. The van der Waals surface area contributed by atoms with Crippen molar-refractivity contribution in [3.63, 3.8) is 0 Å². The van der Waals surface area contributed by atoms with Gasteiger partial charge in [-0.05, 0) is 12.5 Å². The van der Waals surface area contributed by atoms with Gasteiger partial charge in [-0.15, -0.1) is 0 Å². The first kappa shape index (κ1) is 14.1. The molecule has 0 bridgehead atoms. The van der Waals surface area contributed by atoms with Gasteiger partial charge < -0.3 is 5.32 Å². The molecule has 22 heavy (non-hydrogen) atoms. The number of aryl methyl sites for hydroxylation is 1. The summed E-state index contributed by atoms with van der Waals surface area (Å²) in [5.41, 5.74) is 4.50. The molecule has 0 saturated heterocycles. The van der Waals surface area contributed by atoms with Crippen molar-refractivity contribution in [3.8, 4) is 11.3 Å². The van der Waals surface area contributed by atoms with E-state index in [2.05, 4.69) is 21.6 Å². The molecule has 0 spiro atoms. The Balaban J connectivity index is 1.75. The molecule has 1 aromatic heterocycles. The second-order valence-electron chi connectivity index (χ2n) is 5.20. The summed E-state index contributed by atoms with van der Waals surface area (Å²) in [4.78, 5) is 12.4. The van der Waals surface area contributed by atoms with Crippen LogP contribution in [-0.2, 0) is 6.54 Å². The molecule has 110 valence electrons. The fourth-order valence-electron chi connectivity index (χ4n) is 2.38. The van der Waals surface area contributed by atoms with E-state index in [1.54, 1.807) is 6.20 Å². The Hall–Kier alpha value is -2.88. The molecule has 4 heteroatoms. The second-order valence-corrected chi connectivity index (χ2v) is 5.20. The smallest absolute Gasteiger partial charge is 0.255 e. The van der Waals surface area contributed by atoms with Gasteiger partial charge in [0, 0.05) is 12.1 Å². The van der Waals surface area contributed by atoms with E-state index in [0.29, 0.717) is 12.1 Å². The van der Waals surface area contributed by atoms with E-state index in [1.165, 1.54) is 5.56 Å². The van der Waals surface area contributed by atoms with Gasteiger partial charge in [-0.3, -0.25) is 9.89 Å². The zero-order valence-electron chi connectivity index (χ0n) is 12.3. The maximum atomic E-state index is 12.4. The van der Waals surface area contributed by atoms with Crippen LogP contribution >= 0.6 is 0 Å². The first-order chi connectivity index (χ1) is 10.7. The Morgan fingerprint density at radius 2 is 1.95 bits per heavy atom. The standard InChI is InChI=1S/C18H17N3O/c1-13-6-5-7-14(10-13)11-19-18(22)16-12-20-21-17(16)15-8-3-2-4-9-15/h2-10,12H,11H2,1H3,(H,19,22)(H,20,21). The minimum absolute atomic E-state index is 0.130. The Kier molecular flexibility index (Phi) is 4.01. The molecule has 0 fully saturated rings. The number of hydrogen-bond acceptors (Lipinski definition) is 2. The molecule has 0 radical (unpaired) electrons. The average molecular weight is 291 g/mol. The van der Waals surface area contributed by atoms with Crippen LogP contribution in [-0.4, -0.2) is 16.1 Å². The summed E-state index contributed by atoms with van der Waals surface area (Å²) in [5.74, 6) is -0.130. The molecule has 1 heterocycles. The predicted molar refractivity (Wildman–Crippen MR) is 86.4 cm³/mol. The largest absolute Gasteiger partial charge is 0.348 e. The summed E-state index contributed by atoms with van der Waals surface area (Å²) in [6.07, 6.45) is 1.56. The van der Waals surface area contributed by atoms with Gasteiger partial charge in [0.15, 0.2) is 0 Å². The Morgan fingerprint density at radius 1 is 1.14 bits per heavy atom. The van der Waals surface area contributed by atoms with Crippen LogP contribution in [0.3, 0.4) is 0 Å². The van der Waals surface area contributed by atoms with Crippen LogP contribution < -0.4 is 5.32 Å². The minimum atomic E-state index is -0.130. The van der Waals surface area contributed by atoms with Crippen molar-refractivity contribution in [2.24, 2.45) is 0 Å². The molecule has 2 aromatic carbocycles. The summed E-state index contributed by atoms with van der Waals surface area (Å²) in [6.45, 7) is 2.54. The van der Waals surface area contributed by atoms with Crippen LogP contribution in [0, 0.1) is 6.92 Å². The fourth-order valence-corrected chi connectivity index (χ4v) is 2.38. The van der Waals surface area contributed by atoms with Gasteiger partial charge in [0.1, 0.15) is 0 Å². The molecule has 0 aliphatic heterocycles. The highest BCUT2D eigenvalue weighted by molar-refractivity contribution is 5.99. The fraction of sp³-hybridized carbons (Fsp3) is 0.111. The van der Waals surface area contributed by atoms with Crippen molar-refractivity contribution in [2.45, 2.75) is 13.5 Å². The van der Waals surface area contributed by atoms with Gasteiger partial charge >= 0.3 is 0 Å². The Bertz CT molecular complexity index is 778. The van der Waals surface area contributed by atoms with Gasteiger partial charge in [-0.1, -0.05) is 60.2 Å². The zero-order chi connectivity index (χ0) is 15.4. The van der Waals surface area contributed by atoms with E-state index in [4.69, 9.17) is 0 Å². The molecule has 0 aliphatic carbocycles. The SMILES string of the molecule is Cc1cccc(CNC(=O)c2cn[nH]c2-c2ccccc2)c1. The van der Waals surface area contributed by atoms with Crippen molar-refractivity contribution in [2.75, 3.05) is 0 Å². The number of amides is 1. The monoisotopic (exact) mass is 291 g/mol. The first-order valence-corrected chi connectivity index (χ1v) is 7.16. The molecular weight excluding hydrogens is 274 g/mol. The first-order valence-electron chi connectivity index (χ1n) is 7.16. The van der Waals surface area contributed by atoms with Gasteiger partial charge in [-0.25, -0.2) is 0 Å². The number of nitrogens with zero attached hydrogens (tertiary/aromatic N) is 1. The van der Waals surface area contributed by atoms with Crippen molar-refractivity contribution < 1.29 is 4.79 Å². The van der Waals surface area contributed by atoms with Crippen LogP contribution in [0.15, 0.2) is 60.8 Å². The quantitative estimate of drug-likeness (QED) is 0.774.